The summed E-state index contributed by atoms with van der Waals surface area (Å²) < 4.78 is 0. The Labute approximate surface area is 112 Å². The number of hydrogen-bond acceptors (Lipinski definition) is 5. The van der Waals surface area contributed by atoms with E-state index in [0.717, 1.165) is 9.77 Å². The van der Waals surface area contributed by atoms with Crippen LogP contribution in [0, 0.1) is 0 Å². The van der Waals surface area contributed by atoms with E-state index in [0.29, 0.717) is 12.3 Å². The molecule has 1 aromatic rings. The molecule has 0 atom stereocenters. The van der Waals surface area contributed by atoms with Crippen LogP contribution in [0.4, 0.5) is 0 Å². The molecule has 1 heterocycles. The van der Waals surface area contributed by atoms with Gasteiger partial charge in [-0.05, 0) is 17.7 Å². The van der Waals surface area contributed by atoms with Crippen LogP contribution in [-0.4, -0.2) is 41.3 Å². The Morgan fingerprint density at radius 2 is 2.29 bits per heavy atom. The zero-order valence-corrected chi connectivity index (χ0v) is 11.7. The molecule has 4 nitrogen and oxygen atoms in total. The van der Waals surface area contributed by atoms with Gasteiger partial charge >= 0.3 is 5.97 Å². The van der Waals surface area contributed by atoms with E-state index in [1.165, 1.54) is 23.1 Å². The lowest BCUT2D eigenvalue weighted by Crippen LogP contribution is -2.25. The second-order valence-electron chi connectivity index (χ2n) is 3.02. The Bertz CT molecular complexity index is 392. The summed E-state index contributed by atoms with van der Waals surface area (Å²) in [5, 5.41) is 13.1. The van der Waals surface area contributed by atoms with Crippen molar-refractivity contribution in [2.45, 2.75) is 4.90 Å². The van der Waals surface area contributed by atoms with Gasteiger partial charge in [0.2, 0.25) is 0 Å². The first-order valence-electron chi connectivity index (χ1n) is 4.84. The van der Waals surface area contributed by atoms with Gasteiger partial charge in [-0.1, -0.05) is 0 Å². The molecule has 1 amide bonds. The lowest BCUT2D eigenvalue weighted by molar-refractivity contribution is -0.133. The summed E-state index contributed by atoms with van der Waals surface area (Å²) in [5.74, 6) is -0.229. The number of carboxylic acid groups (broad SMARTS) is 1. The van der Waals surface area contributed by atoms with E-state index in [4.69, 9.17) is 5.11 Å². The molecule has 17 heavy (non-hydrogen) atoms. The molecule has 2 N–H and O–H groups in total. The van der Waals surface area contributed by atoms with Gasteiger partial charge in [-0.25, -0.2) is 0 Å². The van der Waals surface area contributed by atoms with Gasteiger partial charge in [-0.3, -0.25) is 9.59 Å². The number of thiophene rings is 1. The SMILES string of the molecule is CSc1ccsc1C(=O)NCCSCC(=O)O. The van der Waals surface area contributed by atoms with Crippen LogP contribution >= 0.6 is 34.9 Å². The zero-order chi connectivity index (χ0) is 12.7. The highest BCUT2D eigenvalue weighted by atomic mass is 32.2. The minimum atomic E-state index is -0.829. The van der Waals surface area contributed by atoms with Gasteiger partial charge in [0.25, 0.3) is 5.91 Å². The molecule has 1 aromatic heterocycles. The predicted octanol–water partition coefficient (Wildman–Crippen LogP) is 2.02. The molecule has 1 rings (SSSR count). The highest BCUT2D eigenvalue weighted by Crippen LogP contribution is 2.25. The first-order valence-corrected chi connectivity index (χ1v) is 8.10. The first-order chi connectivity index (χ1) is 8.15. The summed E-state index contributed by atoms with van der Waals surface area (Å²) in [6.07, 6.45) is 1.93. The van der Waals surface area contributed by atoms with Crippen molar-refractivity contribution in [3.8, 4) is 0 Å². The van der Waals surface area contributed by atoms with Gasteiger partial charge in [0.05, 0.1) is 5.75 Å². The fraction of sp³-hybridized carbons (Fsp3) is 0.400. The van der Waals surface area contributed by atoms with Crippen LogP contribution in [0.1, 0.15) is 9.67 Å². The van der Waals surface area contributed by atoms with E-state index >= 15 is 0 Å². The van der Waals surface area contributed by atoms with Crippen molar-refractivity contribution in [2.24, 2.45) is 0 Å². The first kappa shape index (κ1) is 14.4. The van der Waals surface area contributed by atoms with E-state index in [1.807, 2.05) is 17.7 Å². The summed E-state index contributed by atoms with van der Waals surface area (Å²) in [5.41, 5.74) is 0. The zero-order valence-electron chi connectivity index (χ0n) is 9.26. The molecule has 0 aliphatic heterocycles. The predicted molar refractivity (Wildman–Crippen MR) is 73.4 cm³/mol. The van der Waals surface area contributed by atoms with E-state index < -0.39 is 5.97 Å². The molecule has 7 heteroatoms. The minimum absolute atomic E-state index is 0.0743. The maximum atomic E-state index is 11.7. The molecule has 0 aromatic carbocycles. The topological polar surface area (TPSA) is 66.4 Å². The third kappa shape index (κ3) is 5.01. The summed E-state index contributed by atoms with van der Waals surface area (Å²) in [6.45, 7) is 0.489. The molecular formula is C10H13NO3S3. The monoisotopic (exact) mass is 291 g/mol. The molecule has 0 radical (unpaired) electrons. The number of amides is 1. The van der Waals surface area contributed by atoms with Crippen LogP contribution in [0.2, 0.25) is 0 Å². The number of carboxylic acids is 1. The van der Waals surface area contributed by atoms with Crippen molar-refractivity contribution in [3.63, 3.8) is 0 Å². The third-order valence-corrected chi connectivity index (χ3v) is 4.58. The molecule has 94 valence electrons. The van der Waals surface area contributed by atoms with Crippen LogP contribution in [0.15, 0.2) is 16.3 Å². The number of rotatable bonds is 7. The highest BCUT2D eigenvalue weighted by Gasteiger charge is 2.11. The molecule has 0 spiro atoms. The van der Waals surface area contributed by atoms with Crippen LogP contribution in [-0.2, 0) is 4.79 Å². The number of nitrogens with one attached hydrogen (secondary N) is 1. The number of carbonyl (C=O) groups is 2. The van der Waals surface area contributed by atoms with Crippen LogP contribution in [0.5, 0.6) is 0 Å². The summed E-state index contributed by atoms with van der Waals surface area (Å²) in [6, 6.07) is 1.92. The largest absolute Gasteiger partial charge is 0.481 e. The molecule has 0 aliphatic carbocycles. The van der Waals surface area contributed by atoms with Gasteiger partial charge in [-0.15, -0.1) is 34.9 Å². The Balaban J connectivity index is 2.28. The Morgan fingerprint density at radius 1 is 1.53 bits per heavy atom. The summed E-state index contributed by atoms with van der Waals surface area (Å²) in [7, 11) is 0. The fourth-order valence-corrected chi connectivity index (χ4v) is 3.33. The number of hydrogen-bond donors (Lipinski definition) is 2. The third-order valence-electron chi connectivity index (χ3n) is 1.81. The average molecular weight is 291 g/mol. The van der Waals surface area contributed by atoms with E-state index in [9.17, 15) is 9.59 Å². The number of aliphatic carboxylic acids is 1. The summed E-state index contributed by atoms with van der Waals surface area (Å²) in [4.78, 5) is 23.7. The van der Waals surface area contributed by atoms with Crippen LogP contribution in [0.25, 0.3) is 0 Å². The van der Waals surface area contributed by atoms with E-state index in [2.05, 4.69) is 5.32 Å². The standard InChI is InChI=1S/C10H13NO3S3/c1-15-7-2-4-17-9(7)10(14)11-3-5-16-6-8(12)13/h2,4H,3,5-6H2,1H3,(H,11,14)(H,12,13). The minimum Gasteiger partial charge on any atom is -0.481 e. The van der Waals surface area contributed by atoms with Gasteiger partial charge in [0.15, 0.2) is 0 Å². The van der Waals surface area contributed by atoms with Crippen molar-refractivity contribution in [1.82, 2.24) is 5.32 Å². The van der Waals surface area contributed by atoms with E-state index in [-0.39, 0.29) is 11.7 Å². The van der Waals surface area contributed by atoms with E-state index in [1.54, 1.807) is 11.8 Å². The molecule has 0 fully saturated rings. The molecule has 0 saturated carbocycles. The Morgan fingerprint density at radius 3 is 2.94 bits per heavy atom. The molecule has 0 unspecified atom stereocenters. The fourth-order valence-electron chi connectivity index (χ4n) is 1.10. The van der Waals surface area contributed by atoms with Gasteiger partial charge in [-0.2, -0.15) is 0 Å². The van der Waals surface area contributed by atoms with Crippen LogP contribution < -0.4 is 5.32 Å². The second kappa shape index (κ2) is 7.62. The quantitative estimate of drug-likeness (QED) is 0.594. The van der Waals surface area contributed by atoms with Crippen molar-refractivity contribution >= 4 is 46.7 Å². The molecular weight excluding hydrogens is 278 g/mol. The van der Waals surface area contributed by atoms with Crippen molar-refractivity contribution < 1.29 is 14.7 Å². The lowest BCUT2D eigenvalue weighted by atomic mass is 10.4. The Hall–Kier alpha value is -0.660. The smallest absolute Gasteiger partial charge is 0.313 e. The van der Waals surface area contributed by atoms with Gasteiger partial charge in [0.1, 0.15) is 4.88 Å². The maximum absolute atomic E-state index is 11.7. The van der Waals surface area contributed by atoms with Gasteiger partial charge < -0.3 is 10.4 Å². The highest BCUT2D eigenvalue weighted by molar-refractivity contribution is 8.00. The van der Waals surface area contributed by atoms with Crippen molar-refractivity contribution in [2.75, 3.05) is 24.3 Å². The number of thioether (sulfide) groups is 2. The lowest BCUT2D eigenvalue weighted by Gasteiger charge is -2.04. The van der Waals surface area contributed by atoms with Crippen LogP contribution in [0.3, 0.4) is 0 Å². The van der Waals surface area contributed by atoms with Crippen molar-refractivity contribution in [3.05, 3.63) is 16.3 Å². The molecule has 0 aliphatic rings. The molecule has 0 bridgehead atoms. The molecule has 0 saturated heterocycles. The van der Waals surface area contributed by atoms with Gasteiger partial charge in [0, 0.05) is 17.2 Å². The van der Waals surface area contributed by atoms with Crippen molar-refractivity contribution in [1.29, 1.82) is 0 Å². The Kier molecular flexibility index (Phi) is 6.46. The summed E-state index contributed by atoms with van der Waals surface area (Å²) >= 11 is 4.26. The average Bonchev–Trinajstić information content (AvgIpc) is 2.75. The number of carbonyl (C=O) groups excluding carboxylic acids is 1. The maximum Gasteiger partial charge on any atom is 0.313 e. The normalized spacial score (nSPS) is 10.2. The second-order valence-corrected chi connectivity index (χ2v) is 5.89.